The first kappa shape index (κ1) is 10.6. The number of benzene rings is 1. The number of nitrogens with zero attached hydrogens (tertiary/aromatic N) is 3. The number of aromatic nitrogens is 3. The molecule has 1 aromatic carbocycles. The van der Waals surface area contributed by atoms with Gasteiger partial charge in [0.15, 0.2) is 0 Å². The van der Waals surface area contributed by atoms with E-state index in [-0.39, 0.29) is 0 Å². The largest absolute Gasteiger partial charge is 0.399 e. The Balaban J connectivity index is 2.18. The van der Waals surface area contributed by atoms with E-state index in [1.165, 1.54) is 0 Å². The summed E-state index contributed by atoms with van der Waals surface area (Å²) in [6.07, 6.45) is 1.88. The smallest absolute Gasteiger partial charge is 0.113 e. The molecular formula is C11H14N4O. The molecule has 2 rings (SSSR count). The van der Waals surface area contributed by atoms with Crippen LogP contribution in [0.1, 0.15) is 0 Å². The van der Waals surface area contributed by atoms with E-state index in [0.717, 1.165) is 16.9 Å². The normalized spacial score (nSPS) is 10.6. The molecule has 0 aliphatic heterocycles. The van der Waals surface area contributed by atoms with Gasteiger partial charge in [0.05, 0.1) is 19.3 Å². The van der Waals surface area contributed by atoms with Crippen LogP contribution in [-0.4, -0.2) is 28.7 Å². The molecule has 0 saturated carbocycles. The Bertz CT molecular complexity index is 467. The van der Waals surface area contributed by atoms with E-state index >= 15 is 0 Å². The van der Waals surface area contributed by atoms with Crippen molar-refractivity contribution in [1.29, 1.82) is 0 Å². The third-order valence-corrected chi connectivity index (χ3v) is 2.25. The summed E-state index contributed by atoms with van der Waals surface area (Å²) in [5.41, 5.74) is 8.23. The highest BCUT2D eigenvalue weighted by Gasteiger charge is 2.03. The molecule has 5 nitrogen and oxygen atoms in total. The highest BCUT2D eigenvalue weighted by molar-refractivity contribution is 5.62. The Kier molecular flexibility index (Phi) is 3.16. The van der Waals surface area contributed by atoms with Gasteiger partial charge in [-0.15, -0.1) is 5.10 Å². The second-order valence-corrected chi connectivity index (χ2v) is 3.49. The Morgan fingerprint density at radius 1 is 1.44 bits per heavy atom. The fourth-order valence-electron chi connectivity index (χ4n) is 1.42. The molecule has 1 aromatic heterocycles. The minimum atomic E-state index is 0.625. The standard InChI is InChI=1S/C11H14N4O/c1-16-6-5-15-8-11(13-14-15)9-3-2-4-10(12)7-9/h2-4,7-8H,5-6,12H2,1H3. The first-order chi connectivity index (χ1) is 7.79. The zero-order chi connectivity index (χ0) is 11.4. The van der Waals surface area contributed by atoms with Crippen LogP contribution in [0.3, 0.4) is 0 Å². The molecule has 0 saturated heterocycles. The van der Waals surface area contributed by atoms with E-state index in [0.29, 0.717) is 13.2 Å². The number of ether oxygens (including phenoxy) is 1. The summed E-state index contributed by atoms with van der Waals surface area (Å²) in [5, 5.41) is 8.09. The topological polar surface area (TPSA) is 66.0 Å². The molecule has 0 aliphatic carbocycles. The molecule has 0 bridgehead atoms. The second-order valence-electron chi connectivity index (χ2n) is 3.49. The van der Waals surface area contributed by atoms with E-state index in [1.54, 1.807) is 11.8 Å². The van der Waals surface area contributed by atoms with Crippen LogP contribution in [-0.2, 0) is 11.3 Å². The number of nitrogens with two attached hydrogens (primary N) is 1. The quantitative estimate of drug-likeness (QED) is 0.782. The van der Waals surface area contributed by atoms with Crippen LogP contribution < -0.4 is 5.73 Å². The van der Waals surface area contributed by atoms with Gasteiger partial charge in [0.2, 0.25) is 0 Å². The maximum atomic E-state index is 5.71. The van der Waals surface area contributed by atoms with E-state index in [2.05, 4.69) is 10.3 Å². The zero-order valence-corrected chi connectivity index (χ0v) is 9.13. The molecule has 5 heteroatoms. The predicted molar refractivity (Wildman–Crippen MR) is 61.7 cm³/mol. The number of hydrogen-bond donors (Lipinski definition) is 1. The lowest BCUT2D eigenvalue weighted by atomic mass is 10.1. The summed E-state index contributed by atoms with van der Waals surface area (Å²) in [6, 6.07) is 7.59. The average molecular weight is 218 g/mol. The van der Waals surface area contributed by atoms with Crippen LogP contribution in [0.15, 0.2) is 30.5 Å². The molecule has 0 radical (unpaired) electrons. The second kappa shape index (κ2) is 4.76. The summed E-state index contributed by atoms with van der Waals surface area (Å²) in [6.45, 7) is 1.32. The van der Waals surface area contributed by atoms with Crippen LogP contribution in [0, 0.1) is 0 Å². The van der Waals surface area contributed by atoms with Gasteiger partial charge in [-0.1, -0.05) is 17.3 Å². The van der Waals surface area contributed by atoms with Gasteiger partial charge in [0, 0.05) is 18.4 Å². The van der Waals surface area contributed by atoms with Crippen molar-refractivity contribution in [3.8, 4) is 11.3 Å². The monoisotopic (exact) mass is 218 g/mol. The molecule has 0 amide bonds. The molecule has 0 atom stereocenters. The van der Waals surface area contributed by atoms with Crippen molar-refractivity contribution >= 4 is 5.69 Å². The molecule has 2 N–H and O–H groups in total. The first-order valence-electron chi connectivity index (χ1n) is 5.04. The Hall–Kier alpha value is -1.88. The number of rotatable bonds is 4. The summed E-state index contributed by atoms with van der Waals surface area (Å²) in [7, 11) is 1.66. The Morgan fingerprint density at radius 3 is 3.06 bits per heavy atom. The minimum Gasteiger partial charge on any atom is -0.399 e. The van der Waals surface area contributed by atoms with Crippen LogP contribution in [0.5, 0.6) is 0 Å². The third-order valence-electron chi connectivity index (χ3n) is 2.25. The van der Waals surface area contributed by atoms with Crippen molar-refractivity contribution in [2.24, 2.45) is 0 Å². The number of nitrogen functional groups attached to an aromatic ring is 1. The van der Waals surface area contributed by atoms with Crippen LogP contribution in [0.25, 0.3) is 11.3 Å². The summed E-state index contributed by atoms with van der Waals surface area (Å²) < 4.78 is 6.72. The number of methoxy groups -OCH3 is 1. The third kappa shape index (κ3) is 2.38. The van der Waals surface area contributed by atoms with E-state index in [1.807, 2.05) is 30.5 Å². The van der Waals surface area contributed by atoms with Crippen molar-refractivity contribution in [2.45, 2.75) is 6.54 Å². The molecule has 0 spiro atoms. The van der Waals surface area contributed by atoms with Crippen molar-refractivity contribution in [1.82, 2.24) is 15.0 Å². The molecule has 16 heavy (non-hydrogen) atoms. The van der Waals surface area contributed by atoms with Gasteiger partial charge in [0.25, 0.3) is 0 Å². The van der Waals surface area contributed by atoms with Crippen LogP contribution in [0.4, 0.5) is 5.69 Å². The first-order valence-corrected chi connectivity index (χ1v) is 5.04. The fraction of sp³-hybridized carbons (Fsp3) is 0.273. The maximum Gasteiger partial charge on any atom is 0.113 e. The average Bonchev–Trinajstić information content (AvgIpc) is 2.75. The molecule has 2 aromatic rings. The number of anilines is 1. The molecule has 0 fully saturated rings. The van der Waals surface area contributed by atoms with Crippen molar-refractivity contribution in [3.63, 3.8) is 0 Å². The van der Waals surface area contributed by atoms with Crippen molar-refractivity contribution in [2.75, 3.05) is 19.5 Å². The van der Waals surface area contributed by atoms with Crippen LogP contribution in [0.2, 0.25) is 0 Å². The van der Waals surface area contributed by atoms with Gasteiger partial charge in [-0.05, 0) is 12.1 Å². The molecule has 0 unspecified atom stereocenters. The highest BCUT2D eigenvalue weighted by atomic mass is 16.5. The van der Waals surface area contributed by atoms with Crippen LogP contribution >= 0.6 is 0 Å². The molecule has 0 aliphatic rings. The van der Waals surface area contributed by atoms with Gasteiger partial charge < -0.3 is 10.5 Å². The number of hydrogen-bond acceptors (Lipinski definition) is 4. The van der Waals surface area contributed by atoms with Gasteiger partial charge >= 0.3 is 0 Å². The summed E-state index contributed by atoms with van der Waals surface area (Å²) in [4.78, 5) is 0. The predicted octanol–water partition coefficient (Wildman–Crippen LogP) is 1.17. The van der Waals surface area contributed by atoms with E-state index < -0.39 is 0 Å². The minimum absolute atomic E-state index is 0.625. The SMILES string of the molecule is COCCn1cc(-c2cccc(N)c2)nn1. The van der Waals surface area contributed by atoms with Gasteiger partial charge in [-0.25, -0.2) is 4.68 Å². The van der Waals surface area contributed by atoms with Gasteiger partial charge in [-0.2, -0.15) is 0 Å². The van der Waals surface area contributed by atoms with Crippen molar-refractivity contribution < 1.29 is 4.74 Å². The van der Waals surface area contributed by atoms with E-state index in [9.17, 15) is 0 Å². The van der Waals surface area contributed by atoms with Gasteiger partial charge in [0.1, 0.15) is 5.69 Å². The maximum absolute atomic E-state index is 5.71. The molecule has 1 heterocycles. The van der Waals surface area contributed by atoms with Gasteiger partial charge in [-0.3, -0.25) is 0 Å². The molecular weight excluding hydrogens is 204 g/mol. The summed E-state index contributed by atoms with van der Waals surface area (Å²) in [5.74, 6) is 0. The Labute approximate surface area is 93.8 Å². The van der Waals surface area contributed by atoms with Crippen molar-refractivity contribution in [3.05, 3.63) is 30.5 Å². The lowest BCUT2D eigenvalue weighted by Gasteiger charge is -1.98. The lowest BCUT2D eigenvalue weighted by Crippen LogP contribution is -2.04. The zero-order valence-electron chi connectivity index (χ0n) is 9.13. The molecule has 84 valence electrons. The highest BCUT2D eigenvalue weighted by Crippen LogP contribution is 2.18. The lowest BCUT2D eigenvalue weighted by molar-refractivity contribution is 0.183. The fourth-order valence-corrected chi connectivity index (χ4v) is 1.42. The summed E-state index contributed by atoms with van der Waals surface area (Å²) >= 11 is 0. The van der Waals surface area contributed by atoms with E-state index in [4.69, 9.17) is 10.5 Å². The Morgan fingerprint density at radius 2 is 2.31 bits per heavy atom.